The Hall–Kier alpha value is -3.07. The molecule has 3 aromatic rings. The van der Waals surface area contributed by atoms with Crippen LogP contribution in [0.3, 0.4) is 0 Å². The fraction of sp³-hybridized carbons (Fsp3) is 0.333. The highest BCUT2D eigenvalue weighted by Crippen LogP contribution is 2.27. The van der Waals surface area contributed by atoms with E-state index in [1.54, 1.807) is 55.5 Å². The number of hydrogen-bond donors (Lipinski definition) is 1. The normalized spacial score (nSPS) is 12.1. The lowest BCUT2D eigenvalue weighted by atomic mass is 10.1. The fourth-order valence-corrected chi connectivity index (χ4v) is 5.98. The first-order valence-electron chi connectivity index (χ1n) is 13.1. The average Bonchev–Trinajstić information content (AvgIpc) is 2.93. The van der Waals surface area contributed by atoms with E-state index < -0.39 is 28.5 Å². The van der Waals surface area contributed by atoms with E-state index in [9.17, 15) is 18.0 Å². The number of nitrogens with one attached hydrogen (secondary N) is 1. The third-order valence-corrected chi connectivity index (χ3v) is 9.12. The van der Waals surface area contributed by atoms with E-state index in [0.29, 0.717) is 27.8 Å². The Bertz CT molecular complexity index is 1450. The molecule has 0 aliphatic heterocycles. The van der Waals surface area contributed by atoms with Gasteiger partial charge in [-0.05, 0) is 80.3 Å². The van der Waals surface area contributed by atoms with Crippen LogP contribution in [0.4, 0.5) is 5.69 Å². The molecule has 2 amide bonds. The van der Waals surface area contributed by atoms with E-state index in [1.807, 2.05) is 26.8 Å². The lowest BCUT2D eigenvalue weighted by molar-refractivity contribution is -0.139. The zero-order chi connectivity index (χ0) is 29.4. The molecule has 0 aromatic heterocycles. The highest BCUT2D eigenvalue weighted by atomic mass is 35.5. The number of hydrogen-bond acceptors (Lipinski definition) is 4. The summed E-state index contributed by atoms with van der Waals surface area (Å²) in [5.41, 5.74) is 2.80. The van der Waals surface area contributed by atoms with E-state index in [-0.39, 0.29) is 17.3 Å². The van der Waals surface area contributed by atoms with E-state index in [2.05, 4.69) is 5.32 Å². The quantitative estimate of drug-likeness (QED) is 0.252. The van der Waals surface area contributed by atoms with Gasteiger partial charge in [0.25, 0.3) is 10.0 Å². The summed E-state index contributed by atoms with van der Waals surface area (Å²) in [5, 5.41) is 3.64. The van der Waals surface area contributed by atoms with E-state index in [1.165, 1.54) is 17.0 Å². The van der Waals surface area contributed by atoms with Crippen molar-refractivity contribution in [2.45, 2.75) is 58.0 Å². The minimum Gasteiger partial charge on any atom is -0.354 e. The van der Waals surface area contributed by atoms with Gasteiger partial charge in [0, 0.05) is 23.1 Å². The van der Waals surface area contributed by atoms with Crippen molar-refractivity contribution in [2.24, 2.45) is 0 Å². The summed E-state index contributed by atoms with van der Waals surface area (Å²) >= 11 is 12.5. The second kappa shape index (κ2) is 14.0. The summed E-state index contributed by atoms with van der Waals surface area (Å²) in [6.45, 7) is 7.39. The standard InChI is InChI=1S/C30H35Cl2N3O4S/c1-5-6-16-33-30(37)23(4)34(19-24-13-14-25(31)18-28(24)32)29(36)20-35(26-15-12-21(2)22(3)17-26)40(38,39)27-10-8-7-9-11-27/h7-15,17-18,23H,5-6,16,19-20H2,1-4H3,(H,33,37). The predicted octanol–water partition coefficient (Wildman–Crippen LogP) is 6.14. The Balaban J connectivity index is 2.03. The molecule has 0 aliphatic carbocycles. The third kappa shape index (κ3) is 7.77. The highest BCUT2D eigenvalue weighted by molar-refractivity contribution is 7.92. The number of anilines is 1. The minimum atomic E-state index is -4.12. The molecule has 0 saturated heterocycles. The van der Waals surface area contributed by atoms with E-state index >= 15 is 0 Å². The van der Waals surface area contributed by atoms with Crippen LogP contribution in [0.5, 0.6) is 0 Å². The number of sulfonamides is 1. The van der Waals surface area contributed by atoms with Gasteiger partial charge in [-0.3, -0.25) is 13.9 Å². The van der Waals surface area contributed by atoms with Crippen LogP contribution in [0, 0.1) is 13.8 Å². The number of benzene rings is 3. The maximum atomic E-state index is 14.0. The van der Waals surface area contributed by atoms with Gasteiger partial charge in [0.15, 0.2) is 0 Å². The second-order valence-electron chi connectivity index (χ2n) is 9.67. The molecular weight excluding hydrogens is 569 g/mol. The zero-order valence-electron chi connectivity index (χ0n) is 23.2. The molecule has 10 heteroatoms. The van der Waals surface area contributed by atoms with Crippen molar-refractivity contribution in [2.75, 3.05) is 17.4 Å². The lowest BCUT2D eigenvalue weighted by Crippen LogP contribution is -2.51. The number of nitrogens with zero attached hydrogens (tertiary/aromatic N) is 2. The van der Waals surface area contributed by atoms with Crippen molar-refractivity contribution < 1.29 is 18.0 Å². The summed E-state index contributed by atoms with van der Waals surface area (Å²) in [7, 11) is -4.12. The average molecular weight is 605 g/mol. The van der Waals surface area contributed by atoms with Crippen molar-refractivity contribution in [1.82, 2.24) is 10.2 Å². The number of aryl methyl sites for hydroxylation is 2. The number of rotatable bonds is 12. The lowest BCUT2D eigenvalue weighted by Gasteiger charge is -2.32. The Morgan fingerprint density at radius 2 is 1.65 bits per heavy atom. The van der Waals surface area contributed by atoms with Gasteiger partial charge in [-0.1, -0.05) is 66.9 Å². The van der Waals surface area contributed by atoms with Crippen LogP contribution >= 0.6 is 23.2 Å². The first kappa shape index (κ1) is 31.5. The number of unbranched alkanes of at least 4 members (excludes halogenated alkanes) is 1. The third-order valence-electron chi connectivity index (χ3n) is 6.74. The molecule has 0 saturated carbocycles. The molecule has 3 aromatic carbocycles. The van der Waals surface area contributed by atoms with E-state index in [0.717, 1.165) is 28.3 Å². The Labute approximate surface area is 247 Å². The summed E-state index contributed by atoms with van der Waals surface area (Å²) < 4.78 is 28.8. The molecule has 1 atom stereocenters. The SMILES string of the molecule is CCCCNC(=O)C(C)N(Cc1ccc(Cl)cc1Cl)C(=O)CN(c1ccc(C)c(C)c1)S(=O)(=O)c1ccccc1. The van der Waals surface area contributed by atoms with Gasteiger partial charge in [-0.25, -0.2) is 8.42 Å². The van der Waals surface area contributed by atoms with Crippen LogP contribution in [-0.4, -0.2) is 44.3 Å². The second-order valence-corrected chi connectivity index (χ2v) is 12.4. The Kier molecular flexibility index (Phi) is 11.0. The van der Waals surface area contributed by atoms with Crippen molar-refractivity contribution in [3.63, 3.8) is 0 Å². The summed E-state index contributed by atoms with van der Waals surface area (Å²) in [6, 6.07) is 17.2. The van der Waals surface area contributed by atoms with Gasteiger partial charge in [-0.2, -0.15) is 0 Å². The molecule has 0 heterocycles. The van der Waals surface area contributed by atoms with Crippen LogP contribution in [-0.2, 0) is 26.2 Å². The Morgan fingerprint density at radius 1 is 0.950 bits per heavy atom. The minimum absolute atomic E-state index is 0.0106. The highest BCUT2D eigenvalue weighted by Gasteiger charge is 2.32. The molecular formula is C30H35Cl2N3O4S. The molecule has 0 fully saturated rings. The van der Waals surface area contributed by atoms with Crippen molar-refractivity contribution in [3.05, 3.63) is 93.5 Å². The molecule has 1 N–H and O–H groups in total. The number of carbonyl (C=O) groups is 2. The molecule has 0 bridgehead atoms. The van der Waals surface area contributed by atoms with Gasteiger partial charge in [0.2, 0.25) is 11.8 Å². The topological polar surface area (TPSA) is 86.8 Å². The van der Waals surface area contributed by atoms with Crippen LogP contribution in [0.25, 0.3) is 0 Å². The molecule has 1 unspecified atom stereocenters. The molecule has 0 radical (unpaired) electrons. The number of amides is 2. The van der Waals surface area contributed by atoms with Crippen LogP contribution in [0.2, 0.25) is 10.0 Å². The maximum absolute atomic E-state index is 14.0. The number of carbonyl (C=O) groups excluding carboxylic acids is 2. The first-order valence-corrected chi connectivity index (χ1v) is 15.3. The van der Waals surface area contributed by atoms with Gasteiger partial charge < -0.3 is 10.2 Å². The van der Waals surface area contributed by atoms with Crippen molar-refractivity contribution in [3.8, 4) is 0 Å². The van der Waals surface area contributed by atoms with Crippen molar-refractivity contribution in [1.29, 1.82) is 0 Å². The van der Waals surface area contributed by atoms with Crippen LogP contribution < -0.4 is 9.62 Å². The van der Waals surface area contributed by atoms with Crippen molar-refractivity contribution >= 4 is 50.7 Å². The van der Waals surface area contributed by atoms with E-state index in [4.69, 9.17) is 23.2 Å². The Morgan fingerprint density at radius 3 is 2.27 bits per heavy atom. The van der Waals surface area contributed by atoms with Gasteiger partial charge in [0.1, 0.15) is 12.6 Å². The molecule has 0 aliphatic rings. The van der Waals surface area contributed by atoms with Gasteiger partial charge >= 0.3 is 0 Å². The molecule has 40 heavy (non-hydrogen) atoms. The van der Waals surface area contributed by atoms with Gasteiger partial charge in [-0.15, -0.1) is 0 Å². The predicted molar refractivity (Wildman–Crippen MR) is 161 cm³/mol. The summed E-state index contributed by atoms with van der Waals surface area (Å²) in [5.74, 6) is -0.891. The summed E-state index contributed by atoms with van der Waals surface area (Å²) in [4.78, 5) is 28.5. The smallest absolute Gasteiger partial charge is 0.264 e. The monoisotopic (exact) mass is 603 g/mol. The summed E-state index contributed by atoms with van der Waals surface area (Å²) in [6.07, 6.45) is 1.70. The molecule has 3 rings (SSSR count). The first-order chi connectivity index (χ1) is 18.9. The largest absolute Gasteiger partial charge is 0.354 e. The number of halogens is 2. The fourth-order valence-electron chi connectivity index (χ4n) is 4.08. The van der Waals surface area contributed by atoms with Gasteiger partial charge in [0.05, 0.1) is 10.6 Å². The molecule has 214 valence electrons. The van der Waals surface area contributed by atoms with Crippen LogP contribution in [0.15, 0.2) is 71.6 Å². The molecule has 0 spiro atoms. The maximum Gasteiger partial charge on any atom is 0.264 e. The molecule has 7 nitrogen and oxygen atoms in total. The zero-order valence-corrected chi connectivity index (χ0v) is 25.5. The van der Waals surface area contributed by atoms with Crippen LogP contribution in [0.1, 0.15) is 43.4 Å².